The maximum absolute atomic E-state index is 11.4. The van der Waals surface area contributed by atoms with E-state index in [0.717, 1.165) is 0 Å². The van der Waals surface area contributed by atoms with Crippen LogP contribution in [-0.2, 0) is 16.0 Å². The van der Waals surface area contributed by atoms with E-state index in [-0.39, 0.29) is 19.4 Å². The van der Waals surface area contributed by atoms with E-state index in [9.17, 15) is 9.59 Å². The normalized spacial score (nSPS) is 12.1. The highest BCUT2D eigenvalue weighted by atomic mass is 16.4. The summed E-state index contributed by atoms with van der Waals surface area (Å²) in [7, 11) is 0. The number of hydrogen-bond acceptors (Lipinski definition) is 4. The molecule has 88 valence electrons. The molecule has 0 aliphatic rings. The molecule has 16 heavy (non-hydrogen) atoms. The minimum Gasteiger partial charge on any atom is -0.480 e. The zero-order valence-electron chi connectivity index (χ0n) is 8.51. The van der Waals surface area contributed by atoms with E-state index >= 15 is 0 Å². The molecule has 0 unspecified atom stereocenters. The van der Waals surface area contributed by atoms with Crippen molar-refractivity contribution < 1.29 is 19.8 Å². The number of nitrogens with zero attached hydrogens (tertiary/aromatic N) is 1. The van der Waals surface area contributed by atoms with Gasteiger partial charge in [-0.2, -0.15) is 5.10 Å². The maximum Gasteiger partial charge on any atom is 0.326 e. The molecule has 0 bridgehead atoms. The first-order valence-corrected chi connectivity index (χ1v) is 4.74. The lowest BCUT2D eigenvalue weighted by molar-refractivity contribution is -0.142. The third kappa shape index (κ3) is 3.70. The van der Waals surface area contributed by atoms with Crippen LogP contribution >= 0.6 is 0 Å². The van der Waals surface area contributed by atoms with E-state index in [2.05, 4.69) is 15.5 Å². The third-order valence-corrected chi connectivity index (χ3v) is 1.96. The fourth-order valence-electron chi connectivity index (χ4n) is 1.19. The Morgan fingerprint density at radius 3 is 2.81 bits per heavy atom. The quantitative estimate of drug-likeness (QED) is 0.492. The first-order chi connectivity index (χ1) is 7.63. The Hall–Kier alpha value is -1.89. The third-order valence-electron chi connectivity index (χ3n) is 1.96. The van der Waals surface area contributed by atoms with Crippen LogP contribution in [0.2, 0.25) is 0 Å². The number of nitrogens with one attached hydrogen (secondary N) is 2. The molecule has 4 N–H and O–H groups in total. The van der Waals surface area contributed by atoms with Crippen molar-refractivity contribution >= 4 is 11.9 Å². The Morgan fingerprint density at radius 1 is 1.56 bits per heavy atom. The second-order valence-electron chi connectivity index (χ2n) is 3.23. The number of aliphatic carboxylic acids is 1. The summed E-state index contributed by atoms with van der Waals surface area (Å²) < 4.78 is 0. The number of carboxylic acids is 1. The Bertz CT molecular complexity index is 350. The topological polar surface area (TPSA) is 115 Å². The molecule has 7 heteroatoms. The number of carboxylic acid groups (broad SMARTS) is 1. The van der Waals surface area contributed by atoms with Gasteiger partial charge in [-0.1, -0.05) is 0 Å². The number of H-pyrrole nitrogens is 1. The maximum atomic E-state index is 11.4. The zero-order valence-corrected chi connectivity index (χ0v) is 8.51. The number of aliphatic hydroxyl groups is 1. The summed E-state index contributed by atoms with van der Waals surface area (Å²) in [6.07, 6.45) is 1.53. The number of rotatable bonds is 6. The van der Waals surface area contributed by atoms with Gasteiger partial charge in [-0.05, 0) is 6.07 Å². The highest BCUT2D eigenvalue weighted by Gasteiger charge is 2.19. The molecule has 1 amide bonds. The Morgan fingerprint density at radius 2 is 2.31 bits per heavy atom. The van der Waals surface area contributed by atoms with Gasteiger partial charge >= 0.3 is 5.97 Å². The number of amides is 1. The lowest BCUT2D eigenvalue weighted by Crippen LogP contribution is -2.42. The fourth-order valence-corrected chi connectivity index (χ4v) is 1.19. The second-order valence-corrected chi connectivity index (χ2v) is 3.23. The predicted molar refractivity (Wildman–Crippen MR) is 53.6 cm³/mol. The number of aromatic amines is 1. The fraction of sp³-hybridized carbons (Fsp3) is 0.444. The molecule has 0 radical (unpaired) electrons. The number of hydrogen-bond donors (Lipinski definition) is 4. The largest absolute Gasteiger partial charge is 0.480 e. The van der Waals surface area contributed by atoms with Crippen LogP contribution in [0.5, 0.6) is 0 Å². The van der Waals surface area contributed by atoms with Crippen molar-refractivity contribution in [3.8, 4) is 0 Å². The second kappa shape index (κ2) is 5.86. The first-order valence-electron chi connectivity index (χ1n) is 4.74. The summed E-state index contributed by atoms with van der Waals surface area (Å²) in [5, 5.41) is 25.9. The molecular weight excluding hydrogens is 214 g/mol. The standard InChI is InChI=1S/C9H13N3O4/c13-4-2-7(9(15)16)11-8(14)5-6-1-3-10-12-6/h1,3,7,13H,2,4-5H2,(H,10,12)(H,11,14)(H,15,16)/t7-/m0/s1. The van der Waals surface area contributed by atoms with Crippen LogP contribution in [0.1, 0.15) is 12.1 Å². The molecule has 1 aromatic heterocycles. The van der Waals surface area contributed by atoms with Crippen LogP contribution in [-0.4, -0.2) is 44.9 Å². The Kier molecular flexibility index (Phi) is 4.46. The lowest BCUT2D eigenvalue weighted by Gasteiger charge is -2.12. The van der Waals surface area contributed by atoms with E-state index in [1.165, 1.54) is 6.20 Å². The van der Waals surface area contributed by atoms with Gasteiger partial charge in [0.15, 0.2) is 0 Å². The monoisotopic (exact) mass is 227 g/mol. The molecule has 0 saturated heterocycles. The molecule has 1 aromatic rings. The summed E-state index contributed by atoms with van der Waals surface area (Å²) in [6.45, 7) is -0.290. The molecule has 0 saturated carbocycles. The summed E-state index contributed by atoms with van der Waals surface area (Å²) in [5.41, 5.74) is 0.602. The number of aromatic nitrogens is 2. The van der Waals surface area contributed by atoms with Crippen LogP contribution in [0.25, 0.3) is 0 Å². The highest BCUT2D eigenvalue weighted by molar-refractivity contribution is 5.84. The average molecular weight is 227 g/mol. The van der Waals surface area contributed by atoms with E-state index in [1.54, 1.807) is 6.07 Å². The number of aliphatic hydroxyl groups excluding tert-OH is 1. The van der Waals surface area contributed by atoms with Crippen LogP contribution in [0.4, 0.5) is 0 Å². The molecule has 1 rings (SSSR count). The number of carbonyl (C=O) groups excluding carboxylic acids is 1. The summed E-state index contributed by atoms with van der Waals surface area (Å²) in [4.78, 5) is 22.1. The highest BCUT2D eigenvalue weighted by Crippen LogP contribution is 1.96. The SMILES string of the molecule is O=C(Cc1ccn[nH]1)N[C@@H](CCO)C(=O)O. The van der Waals surface area contributed by atoms with Gasteiger partial charge in [0, 0.05) is 24.9 Å². The van der Waals surface area contributed by atoms with Crippen LogP contribution < -0.4 is 5.32 Å². The van der Waals surface area contributed by atoms with E-state index in [4.69, 9.17) is 10.2 Å². The molecule has 0 aromatic carbocycles. The van der Waals surface area contributed by atoms with Gasteiger partial charge in [0.2, 0.25) is 5.91 Å². The molecule has 0 aliphatic heterocycles. The van der Waals surface area contributed by atoms with Crippen molar-refractivity contribution in [1.82, 2.24) is 15.5 Å². The van der Waals surface area contributed by atoms with E-state index in [0.29, 0.717) is 5.69 Å². The first kappa shape index (κ1) is 12.2. The summed E-state index contributed by atoms with van der Waals surface area (Å²) in [6, 6.07) is 0.571. The van der Waals surface area contributed by atoms with Crippen LogP contribution in [0, 0.1) is 0 Å². The average Bonchev–Trinajstić information content (AvgIpc) is 2.69. The molecule has 1 heterocycles. The van der Waals surface area contributed by atoms with Crippen molar-refractivity contribution in [2.45, 2.75) is 18.9 Å². The van der Waals surface area contributed by atoms with E-state index in [1.807, 2.05) is 0 Å². The van der Waals surface area contributed by atoms with Crippen molar-refractivity contribution in [1.29, 1.82) is 0 Å². The molecule has 7 nitrogen and oxygen atoms in total. The predicted octanol–water partition coefficient (Wildman–Crippen LogP) is -1.10. The Labute approximate surface area is 91.5 Å². The molecule has 0 spiro atoms. The van der Waals surface area contributed by atoms with Gasteiger partial charge in [0.05, 0.1) is 6.42 Å². The summed E-state index contributed by atoms with van der Waals surface area (Å²) >= 11 is 0. The minimum absolute atomic E-state index is 0.00987. The summed E-state index contributed by atoms with van der Waals surface area (Å²) in [5.74, 6) is -1.59. The van der Waals surface area contributed by atoms with Gasteiger partial charge in [0.1, 0.15) is 6.04 Å². The van der Waals surface area contributed by atoms with Gasteiger partial charge < -0.3 is 15.5 Å². The number of carbonyl (C=O) groups is 2. The van der Waals surface area contributed by atoms with Gasteiger partial charge in [-0.25, -0.2) is 4.79 Å². The lowest BCUT2D eigenvalue weighted by atomic mass is 10.2. The van der Waals surface area contributed by atoms with Gasteiger partial charge in [-0.15, -0.1) is 0 Å². The van der Waals surface area contributed by atoms with E-state index < -0.39 is 17.9 Å². The molecule has 1 atom stereocenters. The van der Waals surface area contributed by atoms with Gasteiger partial charge in [-0.3, -0.25) is 9.89 Å². The van der Waals surface area contributed by atoms with Crippen LogP contribution in [0.15, 0.2) is 12.3 Å². The van der Waals surface area contributed by atoms with Crippen molar-refractivity contribution in [2.75, 3.05) is 6.61 Å². The van der Waals surface area contributed by atoms with Gasteiger partial charge in [0.25, 0.3) is 0 Å². The molecule has 0 aliphatic carbocycles. The van der Waals surface area contributed by atoms with Crippen molar-refractivity contribution in [2.24, 2.45) is 0 Å². The smallest absolute Gasteiger partial charge is 0.326 e. The van der Waals surface area contributed by atoms with Crippen molar-refractivity contribution in [3.63, 3.8) is 0 Å². The zero-order chi connectivity index (χ0) is 12.0. The van der Waals surface area contributed by atoms with Crippen molar-refractivity contribution in [3.05, 3.63) is 18.0 Å². The minimum atomic E-state index is -1.16. The van der Waals surface area contributed by atoms with Crippen LogP contribution in [0.3, 0.4) is 0 Å². The molecular formula is C9H13N3O4. The molecule has 0 fully saturated rings. The Balaban J connectivity index is 2.45.